The molecule has 0 radical (unpaired) electrons. The average molecular weight is 198 g/mol. The molecule has 0 spiro atoms. The van der Waals surface area contributed by atoms with Gasteiger partial charge in [0.05, 0.1) is 0 Å². The second kappa shape index (κ2) is 5.65. The molecular formula is C10H18N2O2. The topological polar surface area (TPSA) is 47.2 Å². The number of hydrogen-bond donors (Lipinski definition) is 1. The summed E-state index contributed by atoms with van der Waals surface area (Å²) in [6.07, 6.45) is 6.39. The molecule has 0 aromatic carbocycles. The van der Waals surface area contributed by atoms with Gasteiger partial charge in [-0.05, 0) is 26.2 Å². The zero-order valence-corrected chi connectivity index (χ0v) is 8.65. The van der Waals surface area contributed by atoms with Gasteiger partial charge in [0.2, 0.25) is 0 Å². The number of imidazole rings is 1. The maximum atomic E-state index is 11.5. The SMILES string of the molecule is CCn1ccn(CCCCCO)c1=O. The fraction of sp³-hybridized carbons (Fsp3) is 0.700. The van der Waals surface area contributed by atoms with Crippen LogP contribution in [0.3, 0.4) is 0 Å². The highest BCUT2D eigenvalue weighted by Crippen LogP contribution is 1.96. The van der Waals surface area contributed by atoms with E-state index >= 15 is 0 Å². The Kier molecular flexibility index (Phi) is 4.46. The van der Waals surface area contributed by atoms with E-state index in [1.165, 1.54) is 0 Å². The van der Waals surface area contributed by atoms with E-state index in [9.17, 15) is 4.79 Å². The van der Waals surface area contributed by atoms with Crippen molar-refractivity contribution in [1.82, 2.24) is 9.13 Å². The van der Waals surface area contributed by atoms with Crippen molar-refractivity contribution in [2.24, 2.45) is 0 Å². The van der Waals surface area contributed by atoms with Crippen molar-refractivity contribution >= 4 is 0 Å². The van der Waals surface area contributed by atoms with Gasteiger partial charge in [0.25, 0.3) is 0 Å². The molecule has 0 amide bonds. The zero-order chi connectivity index (χ0) is 10.4. The number of hydrogen-bond acceptors (Lipinski definition) is 2. The number of nitrogens with zero attached hydrogens (tertiary/aromatic N) is 2. The monoisotopic (exact) mass is 198 g/mol. The molecule has 1 aromatic rings. The standard InChI is InChI=1S/C10H18N2O2/c1-2-11-7-8-12(10(11)14)6-4-3-5-9-13/h7-8,13H,2-6,9H2,1H3. The van der Waals surface area contributed by atoms with E-state index in [1.54, 1.807) is 9.13 Å². The number of unbranched alkanes of at least 4 members (excludes halogenated alkanes) is 2. The molecule has 4 heteroatoms. The van der Waals surface area contributed by atoms with Crippen LogP contribution in [0.2, 0.25) is 0 Å². The molecule has 0 bridgehead atoms. The van der Waals surface area contributed by atoms with Crippen molar-refractivity contribution < 1.29 is 5.11 Å². The molecular weight excluding hydrogens is 180 g/mol. The summed E-state index contributed by atoms with van der Waals surface area (Å²) in [5.41, 5.74) is 0.0662. The van der Waals surface area contributed by atoms with Gasteiger partial charge < -0.3 is 5.11 Å². The number of aromatic nitrogens is 2. The first-order chi connectivity index (χ1) is 6.79. The first kappa shape index (κ1) is 11.0. The minimum atomic E-state index is 0.0662. The smallest absolute Gasteiger partial charge is 0.328 e. The van der Waals surface area contributed by atoms with Gasteiger partial charge in [0.15, 0.2) is 0 Å². The number of aliphatic hydroxyl groups is 1. The number of aryl methyl sites for hydroxylation is 2. The van der Waals surface area contributed by atoms with Gasteiger partial charge >= 0.3 is 5.69 Å². The van der Waals surface area contributed by atoms with Gasteiger partial charge in [0, 0.05) is 32.1 Å². The van der Waals surface area contributed by atoms with Gasteiger partial charge in [-0.25, -0.2) is 4.79 Å². The molecule has 4 nitrogen and oxygen atoms in total. The van der Waals surface area contributed by atoms with Crippen molar-refractivity contribution in [2.75, 3.05) is 6.61 Å². The second-order valence-electron chi connectivity index (χ2n) is 3.34. The Balaban J connectivity index is 2.43. The van der Waals surface area contributed by atoms with Crippen molar-refractivity contribution in [3.8, 4) is 0 Å². The first-order valence-electron chi connectivity index (χ1n) is 5.16. The van der Waals surface area contributed by atoms with Crippen LogP contribution in [0.15, 0.2) is 17.2 Å². The van der Waals surface area contributed by atoms with Gasteiger partial charge in [-0.3, -0.25) is 9.13 Å². The van der Waals surface area contributed by atoms with Crippen LogP contribution < -0.4 is 5.69 Å². The van der Waals surface area contributed by atoms with Crippen molar-refractivity contribution in [1.29, 1.82) is 0 Å². The van der Waals surface area contributed by atoms with Crippen LogP contribution >= 0.6 is 0 Å². The quantitative estimate of drug-likeness (QED) is 0.688. The Labute approximate surface area is 83.8 Å². The predicted octanol–water partition coefficient (Wildman–Crippen LogP) is 0.832. The summed E-state index contributed by atoms with van der Waals surface area (Å²) >= 11 is 0. The van der Waals surface area contributed by atoms with Crippen molar-refractivity contribution in [3.05, 3.63) is 22.9 Å². The molecule has 0 fully saturated rings. The Morgan fingerprint density at radius 2 is 1.93 bits per heavy atom. The third-order valence-electron chi connectivity index (χ3n) is 2.32. The second-order valence-corrected chi connectivity index (χ2v) is 3.34. The maximum absolute atomic E-state index is 11.5. The van der Waals surface area contributed by atoms with Gasteiger partial charge in [-0.1, -0.05) is 0 Å². The van der Waals surface area contributed by atoms with E-state index in [1.807, 2.05) is 19.3 Å². The molecule has 1 heterocycles. The lowest BCUT2D eigenvalue weighted by Crippen LogP contribution is -2.23. The average Bonchev–Trinajstić information content (AvgIpc) is 2.55. The predicted molar refractivity (Wildman–Crippen MR) is 55.3 cm³/mol. The first-order valence-corrected chi connectivity index (χ1v) is 5.16. The van der Waals surface area contributed by atoms with Crippen LogP contribution in [-0.2, 0) is 13.1 Å². The summed E-state index contributed by atoms with van der Waals surface area (Å²) < 4.78 is 3.41. The Hall–Kier alpha value is -1.03. The van der Waals surface area contributed by atoms with Crippen LogP contribution in [0.25, 0.3) is 0 Å². The lowest BCUT2D eigenvalue weighted by Gasteiger charge is -2.00. The minimum absolute atomic E-state index is 0.0662. The Morgan fingerprint density at radius 1 is 1.21 bits per heavy atom. The van der Waals surface area contributed by atoms with Crippen LogP contribution in [0.1, 0.15) is 26.2 Å². The van der Waals surface area contributed by atoms with E-state index in [4.69, 9.17) is 5.11 Å². The van der Waals surface area contributed by atoms with Crippen molar-refractivity contribution in [3.63, 3.8) is 0 Å². The van der Waals surface area contributed by atoms with E-state index in [0.29, 0.717) is 0 Å². The molecule has 80 valence electrons. The third kappa shape index (κ3) is 2.73. The molecule has 0 aliphatic carbocycles. The third-order valence-corrected chi connectivity index (χ3v) is 2.32. The van der Waals surface area contributed by atoms with Crippen LogP contribution in [0, 0.1) is 0 Å². The lowest BCUT2D eigenvalue weighted by molar-refractivity contribution is 0.281. The van der Waals surface area contributed by atoms with E-state index in [0.717, 1.165) is 32.4 Å². The fourth-order valence-corrected chi connectivity index (χ4v) is 1.44. The summed E-state index contributed by atoms with van der Waals surface area (Å²) in [5.74, 6) is 0. The van der Waals surface area contributed by atoms with Crippen LogP contribution in [-0.4, -0.2) is 20.8 Å². The molecule has 1 aromatic heterocycles. The number of rotatable bonds is 6. The fourth-order valence-electron chi connectivity index (χ4n) is 1.44. The van der Waals surface area contributed by atoms with Crippen LogP contribution in [0.5, 0.6) is 0 Å². The lowest BCUT2D eigenvalue weighted by atomic mass is 10.2. The normalized spacial score (nSPS) is 10.7. The summed E-state index contributed by atoms with van der Waals surface area (Å²) in [6, 6.07) is 0. The molecule has 0 unspecified atom stereocenters. The molecule has 0 aliphatic rings. The van der Waals surface area contributed by atoms with Gasteiger partial charge in [-0.2, -0.15) is 0 Å². The highest BCUT2D eigenvalue weighted by atomic mass is 16.2. The highest BCUT2D eigenvalue weighted by molar-refractivity contribution is 4.80. The van der Waals surface area contributed by atoms with Crippen LogP contribution in [0.4, 0.5) is 0 Å². The zero-order valence-electron chi connectivity index (χ0n) is 8.65. The van der Waals surface area contributed by atoms with Gasteiger partial charge in [-0.15, -0.1) is 0 Å². The van der Waals surface area contributed by atoms with E-state index < -0.39 is 0 Å². The van der Waals surface area contributed by atoms with E-state index in [2.05, 4.69) is 0 Å². The number of aliphatic hydroxyl groups excluding tert-OH is 1. The molecule has 1 N–H and O–H groups in total. The molecule has 0 aliphatic heterocycles. The van der Waals surface area contributed by atoms with Crippen molar-refractivity contribution in [2.45, 2.75) is 39.3 Å². The maximum Gasteiger partial charge on any atom is 0.328 e. The van der Waals surface area contributed by atoms with Gasteiger partial charge in [0.1, 0.15) is 0 Å². The molecule has 0 saturated heterocycles. The summed E-state index contributed by atoms with van der Waals surface area (Å²) in [5, 5.41) is 8.59. The summed E-state index contributed by atoms with van der Waals surface area (Å²) in [4.78, 5) is 11.5. The molecule has 0 saturated carbocycles. The largest absolute Gasteiger partial charge is 0.396 e. The minimum Gasteiger partial charge on any atom is -0.396 e. The Morgan fingerprint density at radius 3 is 2.50 bits per heavy atom. The highest BCUT2D eigenvalue weighted by Gasteiger charge is 2.00. The molecule has 0 atom stereocenters. The van der Waals surface area contributed by atoms with E-state index in [-0.39, 0.29) is 12.3 Å². The Bertz CT molecular complexity index is 314. The summed E-state index contributed by atoms with van der Waals surface area (Å²) in [7, 11) is 0. The molecule has 1 rings (SSSR count). The molecule has 14 heavy (non-hydrogen) atoms. The summed E-state index contributed by atoms with van der Waals surface area (Å²) in [6.45, 7) is 3.68.